The molecule has 2 aromatic rings. The highest BCUT2D eigenvalue weighted by molar-refractivity contribution is 6.89. The summed E-state index contributed by atoms with van der Waals surface area (Å²) >= 11 is 6.30. The van der Waals surface area contributed by atoms with Gasteiger partial charge in [0.15, 0.2) is 0 Å². The standard InChI is InChI=1S/C19H21ClF3NOSi/c1-24(12-13-8-10-14(11-9-13)19(21,22)23)18(25)17-15(20)6-5-7-16(17)26(2,3)4/h5-11H,12H2,1-4H3. The minimum atomic E-state index is -4.37. The number of carbonyl (C=O) groups excluding carboxylic acids is 1. The molecule has 0 N–H and O–H groups in total. The van der Waals surface area contributed by atoms with Crippen LogP contribution in [-0.4, -0.2) is 25.9 Å². The number of alkyl halides is 3. The molecule has 0 aliphatic heterocycles. The molecule has 2 nitrogen and oxygen atoms in total. The number of hydrogen-bond donors (Lipinski definition) is 0. The molecule has 140 valence electrons. The Morgan fingerprint density at radius 1 is 1.08 bits per heavy atom. The third-order valence-corrected chi connectivity index (χ3v) is 6.43. The quantitative estimate of drug-likeness (QED) is 0.649. The molecule has 7 heteroatoms. The summed E-state index contributed by atoms with van der Waals surface area (Å²) in [5.74, 6) is -0.229. The highest BCUT2D eigenvalue weighted by atomic mass is 35.5. The number of nitrogens with zero attached hydrogens (tertiary/aromatic N) is 1. The van der Waals surface area contributed by atoms with E-state index >= 15 is 0 Å². The van der Waals surface area contributed by atoms with Crippen LogP contribution >= 0.6 is 11.6 Å². The zero-order chi connectivity index (χ0) is 19.7. The van der Waals surface area contributed by atoms with E-state index in [1.165, 1.54) is 17.0 Å². The van der Waals surface area contributed by atoms with Gasteiger partial charge in [-0.3, -0.25) is 4.79 Å². The number of rotatable bonds is 4. The van der Waals surface area contributed by atoms with Crippen LogP contribution in [0.1, 0.15) is 21.5 Å². The number of hydrogen-bond acceptors (Lipinski definition) is 1. The Morgan fingerprint density at radius 2 is 1.65 bits per heavy atom. The second-order valence-electron chi connectivity index (χ2n) is 7.27. The summed E-state index contributed by atoms with van der Waals surface area (Å²) in [6.45, 7) is 6.59. The zero-order valence-electron chi connectivity index (χ0n) is 15.1. The third-order valence-electron chi connectivity index (χ3n) is 4.08. The molecule has 1 amide bonds. The summed E-state index contributed by atoms with van der Waals surface area (Å²) in [5, 5.41) is 1.36. The predicted octanol–water partition coefficient (Wildman–Crippen LogP) is 5.18. The Labute approximate surface area is 157 Å². The Hall–Kier alpha value is -1.79. The third kappa shape index (κ3) is 4.68. The lowest BCUT2D eigenvalue weighted by Crippen LogP contribution is -2.43. The first-order valence-electron chi connectivity index (χ1n) is 8.12. The van der Waals surface area contributed by atoms with E-state index in [4.69, 9.17) is 11.6 Å². The van der Waals surface area contributed by atoms with Crippen LogP contribution in [0.4, 0.5) is 13.2 Å². The summed E-state index contributed by atoms with van der Waals surface area (Å²) in [6, 6.07) is 10.3. The fourth-order valence-electron chi connectivity index (χ4n) is 2.70. The first-order chi connectivity index (χ1) is 11.9. The van der Waals surface area contributed by atoms with Gasteiger partial charge < -0.3 is 4.90 Å². The highest BCUT2D eigenvalue weighted by Gasteiger charge is 2.30. The summed E-state index contributed by atoms with van der Waals surface area (Å²) in [4.78, 5) is 14.4. The second-order valence-corrected chi connectivity index (χ2v) is 12.7. The molecule has 0 saturated carbocycles. The molecule has 0 atom stereocenters. The van der Waals surface area contributed by atoms with Gasteiger partial charge in [-0.25, -0.2) is 0 Å². The number of amides is 1. The van der Waals surface area contributed by atoms with Crippen molar-refractivity contribution in [3.8, 4) is 0 Å². The van der Waals surface area contributed by atoms with Crippen molar-refractivity contribution in [1.29, 1.82) is 0 Å². The normalized spacial score (nSPS) is 12.2. The minimum Gasteiger partial charge on any atom is -0.337 e. The predicted molar refractivity (Wildman–Crippen MR) is 102 cm³/mol. The lowest BCUT2D eigenvalue weighted by Gasteiger charge is -2.25. The van der Waals surface area contributed by atoms with Gasteiger partial charge in [0.1, 0.15) is 0 Å². The second kappa shape index (κ2) is 7.45. The number of benzene rings is 2. The topological polar surface area (TPSA) is 20.3 Å². The first kappa shape index (κ1) is 20.5. The fraction of sp³-hybridized carbons (Fsp3) is 0.316. The monoisotopic (exact) mass is 399 g/mol. The largest absolute Gasteiger partial charge is 0.416 e. The van der Waals surface area contributed by atoms with Gasteiger partial charge in [-0.05, 0) is 28.9 Å². The highest BCUT2D eigenvalue weighted by Crippen LogP contribution is 2.29. The van der Waals surface area contributed by atoms with Gasteiger partial charge in [0, 0.05) is 13.6 Å². The van der Waals surface area contributed by atoms with Crippen LogP contribution in [0.2, 0.25) is 24.7 Å². The van der Waals surface area contributed by atoms with Crippen LogP contribution in [0.15, 0.2) is 42.5 Å². The smallest absolute Gasteiger partial charge is 0.337 e. The van der Waals surface area contributed by atoms with Crippen molar-refractivity contribution in [1.82, 2.24) is 4.90 Å². The average molecular weight is 400 g/mol. The van der Waals surface area contributed by atoms with Gasteiger partial charge in [0.25, 0.3) is 5.91 Å². The fourth-order valence-corrected chi connectivity index (χ4v) is 4.62. The molecule has 0 saturated heterocycles. The molecule has 0 aliphatic rings. The van der Waals surface area contributed by atoms with Crippen molar-refractivity contribution in [2.45, 2.75) is 32.4 Å². The van der Waals surface area contributed by atoms with Crippen LogP contribution in [0.5, 0.6) is 0 Å². The number of carbonyl (C=O) groups is 1. The molecule has 2 rings (SSSR count). The van der Waals surface area contributed by atoms with E-state index in [2.05, 4.69) is 19.6 Å². The summed E-state index contributed by atoms with van der Waals surface area (Å²) < 4.78 is 38.0. The van der Waals surface area contributed by atoms with E-state index in [0.717, 1.165) is 17.3 Å². The van der Waals surface area contributed by atoms with Crippen molar-refractivity contribution in [2.75, 3.05) is 7.05 Å². The molecule has 0 unspecified atom stereocenters. The van der Waals surface area contributed by atoms with Crippen LogP contribution < -0.4 is 5.19 Å². The van der Waals surface area contributed by atoms with Crippen LogP contribution in [0.25, 0.3) is 0 Å². The lowest BCUT2D eigenvalue weighted by atomic mass is 10.1. The molecule has 0 aliphatic carbocycles. The maximum Gasteiger partial charge on any atom is 0.416 e. The molecule has 0 fully saturated rings. The van der Waals surface area contributed by atoms with Gasteiger partial charge >= 0.3 is 6.18 Å². The Morgan fingerprint density at radius 3 is 2.15 bits per heavy atom. The minimum absolute atomic E-state index is 0.202. The van der Waals surface area contributed by atoms with E-state index in [1.54, 1.807) is 13.1 Å². The first-order valence-corrected chi connectivity index (χ1v) is 12.0. The summed E-state index contributed by atoms with van der Waals surface area (Å²) in [5.41, 5.74) is 0.403. The molecule has 0 spiro atoms. The maximum absolute atomic E-state index is 12.9. The lowest BCUT2D eigenvalue weighted by molar-refractivity contribution is -0.137. The average Bonchev–Trinajstić information content (AvgIpc) is 2.52. The van der Waals surface area contributed by atoms with Crippen molar-refractivity contribution < 1.29 is 18.0 Å². The summed E-state index contributed by atoms with van der Waals surface area (Å²) in [7, 11) is -0.173. The van der Waals surface area contributed by atoms with Gasteiger partial charge in [0.2, 0.25) is 0 Å². The molecule has 0 radical (unpaired) electrons. The van der Waals surface area contributed by atoms with Gasteiger partial charge in [-0.2, -0.15) is 13.2 Å². The molecule has 0 heterocycles. The Kier molecular flexibility index (Phi) is 5.88. The number of halogens is 4. The SMILES string of the molecule is CN(Cc1ccc(C(F)(F)F)cc1)C(=O)c1c(Cl)cccc1[Si](C)(C)C. The van der Waals surface area contributed by atoms with E-state index in [9.17, 15) is 18.0 Å². The van der Waals surface area contributed by atoms with Crippen LogP contribution in [0.3, 0.4) is 0 Å². The van der Waals surface area contributed by atoms with Crippen molar-refractivity contribution in [3.05, 3.63) is 64.2 Å². The van der Waals surface area contributed by atoms with E-state index < -0.39 is 19.8 Å². The van der Waals surface area contributed by atoms with Gasteiger partial charge in [-0.1, -0.05) is 55.5 Å². The molecular weight excluding hydrogens is 379 g/mol. The van der Waals surface area contributed by atoms with Crippen LogP contribution in [-0.2, 0) is 12.7 Å². The van der Waals surface area contributed by atoms with Crippen molar-refractivity contribution in [2.24, 2.45) is 0 Å². The van der Waals surface area contributed by atoms with E-state index in [0.29, 0.717) is 16.1 Å². The molecular formula is C19H21ClF3NOSi. The van der Waals surface area contributed by atoms with E-state index in [-0.39, 0.29) is 12.5 Å². The van der Waals surface area contributed by atoms with E-state index in [1.807, 2.05) is 12.1 Å². The van der Waals surface area contributed by atoms with Gasteiger partial charge in [-0.15, -0.1) is 0 Å². The zero-order valence-corrected chi connectivity index (χ0v) is 16.9. The summed E-state index contributed by atoms with van der Waals surface area (Å²) in [6.07, 6.45) is -4.37. The van der Waals surface area contributed by atoms with Crippen molar-refractivity contribution in [3.63, 3.8) is 0 Å². The molecule has 0 aromatic heterocycles. The molecule has 0 bridgehead atoms. The van der Waals surface area contributed by atoms with Crippen LogP contribution in [0, 0.1) is 0 Å². The Balaban J connectivity index is 2.26. The molecule has 2 aromatic carbocycles. The van der Waals surface area contributed by atoms with Gasteiger partial charge in [0.05, 0.1) is 24.2 Å². The molecule has 26 heavy (non-hydrogen) atoms. The maximum atomic E-state index is 12.9. The Bertz CT molecular complexity index is 798. The van der Waals surface area contributed by atoms with Crippen molar-refractivity contribution >= 4 is 30.8 Å².